The van der Waals surface area contributed by atoms with E-state index in [1.807, 2.05) is 31.4 Å². The second-order valence-electron chi connectivity index (χ2n) is 5.13. The number of hydrogen-bond donors (Lipinski definition) is 3. The summed E-state index contributed by atoms with van der Waals surface area (Å²) in [5, 5.41) is 10.3. The topological polar surface area (TPSA) is 70.2 Å². The molecule has 1 aromatic heterocycles. The van der Waals surface area contributed by atoms with Gasteiger partial charge in [-0.1, -0.05) is 6.07 Å². The lowest BCUT2D eigenvalue weighted by molar-refractivity contribution is -0.115. The lowest BCUT2D eigenvalue weighted by Crippen LogP contribution is -2.34. The minimum Gasteiger partial charge on any atom is -0.336 e. The molecule has 0 bridgehead atoms. The molecule has 0 aliphatic heterocycles. The molecule has 0 aliphatic carbocycles. The van der Waals surface area contributed by atoms with Gasteiger partial charge in [-0.05, 0) is 49.6 Å². The number of nitrogens with one attached hydrogen (secondary N) is 3. The van der Waals surface area contributed by atoms with E-state index < -0.39 is 0 Å². The molecule has 2 rings (SSSR count). The number of thiophene rings is 1. The molecule has 22 heavy (non-hydrogen) atoms. The van der Waals surface area contributed by atoms with Gasteiger partial charge in [0.15, 0.2) is 0 Å². The Balaban J connectivity index is 1.86. The molecule has 3 N–H and O–H groups in total. The zero-order valence-electron chi connectivity index (χ0n) is 12.6. The maximum absolute atomic E-state index is 11.9. The van der Waals surface area contributed by atoms with E-state index in [1.54, 1.807) is 35.6 Å². The van der Waals surface area contributed by atoms with Gasteiger partial charge in [0.2, 0.25) is 5.91 Å². The van der Waals surface area contributed by atoms with Crippen LogP contribution < -0.4 is 16.0 Å². The molecule has 0 spiro atoms. The van der Waals surface area contributed by atoms with Crippen LogP contribution in [0.3, 0.4) is 0 Å². The molecule has 3 amide bonds. The van der Waals surface area contributed by atoms with Gasteiger partial charge in [-0.25, -0.2) is 4.79 Å². The summed E-state index contributed by atoms with van der Waals surface area (Å²) in [6.07, 6.45) is 0.370. The van der Waals surface area contributed by atoms with E-state index in [1.165, 1.54) is 0 Å². The summed E-state index contributed by atoms with van der Waals surface area (Å²) >= 11 is 1.56. The molecule has 0 aliphatic rings. The minimum absolute atomic E-state index is 0.0549. The van der Waals surface area contributed by atoms with Crippen molar-refractivity contribution >= 4 is 34.6 Å². The van der Waals surface area contributed by atoms with E-state index in [0.29, 0.717) is 17.8 Å². The summed E-state index contributed by atoms with van der Waals surface area (Å²) in [6.45, 7) is 3.79. The zero-order chi connectivity index (χ0) is 15.9. The molecule has 6 heteroatoms. The summed E-state index contributed by atoms with van der Waals surface area (Å²) in [5.41, 5.74) is 1.38. The Labute approximate surface area is 133 Å². The highest BCUT2D eigenvalue weighted by Gasteiger charge is 2.06. The smallest absolute Gasteiger partial charge is 0.319 e. The van der Waals surface area contributed by atoms with Crippen molar-refractivity contribution in [3.63, 3.8) is 0 Å². The van der Waals surface area contributed by atoms with Crippen LogP contribution >= 0.6 is 11.3 Å². The van der Waals surface area contributed by atoms with E-state index in [0.717, 1.165) is 4.88 Å². The van der Waals surface area contributed by atoms with E-state index in [4.69, 9.17) is 0 Å². The molecular weight excluding hydrogens is 298 g/mol. The van der Waals surface area contributed by atoms with Gasteiger partial charge in [-0.3, -0.25) is 4.79 Å². The van der Waals surface area contributed by atoms with E-state index in [2.05, 4.69) is 16.0 Å². The molecule has 5 nitrogen and oxygen atoms in total. The molecule has 0 radical (unpaired) electrons. The van der Waals surface area contributed by atoms with Crippen molar-refractivity contribution in [2.24, 2.45) is 0 Å². The van der Waals surface area contributed by atoms with Crippen LogP contribution in [0.25, 0.3) is 0 Å². The average molecular weight is 317 g/mol. The highest BCUT2D eigenvalue weighted by molar-refractivity contribution is 7.10. The molecule has 2 aromatic rings. The van der Waals surface area contributed by atoms with Crippen LogP contribution in [0.1, 0.15) is 18.7 Å². The lowest BCUT2D eigenvalue weighted by Gasteiger charge is -2.10. The van der Waals surface area contributed by atoms with E-state index in [9.17, 15) is 9.59 Å². The van der Waals surface area contributed by atoms with Gasteiger partial charge >= 0.3 is 6.03 Å². The third-order valence-corrected chi connectivity index (χ3v) is 3.64. The Morgan fingerprint density at radius 1 is 1.05 bits per heavy atom. The lowest BCUT2D eigenvalue weighted by atomic mass is 10.2. The summed E-state index contributed by atoms with van der Waals surface area (Å²) in [5.74, 6) is -0.0549. The number of amides is 3. The van der Waals surface area contributed by atoms with Gasteiger partial charge in [0.05, 0.1) is 6.42 Å². The second kappa shape index (κ2) is 7.61. The van der Waals surface area contributed by atoms with Gasteiger partial charge in [-0.2, -0.15) is 0 Å². The molecule has 0 saturated heterocycles. The van der Waals surface area contributed by atoms with Gasteiger partial charge < -0.3 is 16.0 Å². The summed E-state index contributed by atoms with van der Waals surface area (Å²) < 4.78 is 0. The number of urea groups is 1. The number of benzene rings is 1. The van der Waals surface area contributed by atoms with E-state index in [-0.39, 0.29) is 18.0 Å². The number of carbonyl (C=O) groups excluding carboxylic acids is 2. The van der Waals surface area contributed by atoms with Crippen LogP contribution in [-0.2, 0) is 11.2 Å². The molecule has 0 fully saturated rings. The Kier molecular flexibility index (Phi) is 5.55. The second-order valence-corrected chi connectivity index (χ2v) is 6.17. The van der Waals surface area contributed by atoms with Crippen LogP contribution in [0.4, 0.5) is 16.2 Å². The van der Waals surface area contributed by atoms with Crippen molar-refractivity contribution < 1.29 is 9.59 Å². The Bertz CT molecular complexity index is 621. The molecule has 1 heterocycles. The van der Waals surface area contributed by atoms with Gasteiger partial charge in [0.25, 0.3) is 0 Å². The van der Waals surface area contributed by atoms with Crippen molar-refractivity contribution in [2.45, 2.75) is 26.3 Å². The third kappa shape index (κ3) is 5.21. The number of hydrogen-bond acceptors (Lipinski definition) is 3. The fraction of sp³-hybridized carbons (Fsp3) is 0.250. The van der Waals surface area contributed by atoms with Crippen LogP contribution in [0.2, 0.25) is 0 Å². The normalized spacial score (nSPS) is 10.3. The maximum Gasteiger partial charge on any atom is 0.319 e. The standard InChI is InChI=1S/C16H19N3O2S/c1-11(2)17-16(21)19-13-7-5-12(6-8-13)18-15(20)10-14-4-3-9-22-14/h3-9,11H,10H2,1-2H3,(H,18,20)(H2,17,19,21). The van der Waals surface area contributed by atoms with Gasteiger partial charge in [0.1, 0.15) is 0 Å². The van der Waals surface area contributed by atoms with Crippen LogP contribution in [0.15, 0.2) is 41.8 Å². The van der Waals surface area contributed by atoms with Crippen molar-refractivity contribution in [1.82, 2.24) is 5.32 Å². The average Bonchev–Trinajstić information content (AvgIpc) is 2.92. The Morgan fingerprint density at radius 3 is 2.23 bits per heavy atom. The highest BCUT2D eigenvalue weighted by atomic mass is 32.1. The van der Waals surface area contributed by atoms with Crippen molar-refractivity contribution in [3.8, 4) is 0 Å². The van der Waals surface area contributed by atoms with E-state index >= 15 is 0 Å². The molecule has 0 saturated carbocycles. The quantitative estimate of drug-likeness (QED) is 0.790. The fourth-order valence-electron chi connectivity index (χ4n) is 1.84. The summed E-state index contributed by atoms with van der Waals surface area (Å²) in [6, 6.07) is 10.7. The number of rotatable bonds is 5. The molecule has 116 valence electrons. The number of carbonyl (C=O) groups is 2. The van der Waals surface area contributed by atoms with Crippen LogP contribution in [0, 0.1) is 0 Å². The van der Waals surface area contributed by atoms with Gasteiger partial charge in [-0.15, -0.1) is 11.3 Å². The summed E-state index contributed by atoms with van der Waals surface area (Å²) in [4.78, 5) is 24.5. The fourth-order valence-corrected chi connectivity index (χ4v) is 2.55. The first-order valence-corrected chi connectivity index (χ1v) is 7.90. The summed E-state index contributed by atoms with van der Waals surface area (Å²) in [7, 11) is 0. The molecule has 0 unspecified atom stereocenters. The zero-order valence-corrected chi connectivity index (χ0v) is 13.4. The Hall–Kier alpha value is -2.34. The van der Waals surface area contributed by atoms with Crippen LogP contribution in [-0.4, -0.2) is 18.0 Å². The van der Waals surface area contributed by atoms with Crippen molar-refractivity contribution in [2.75, 3.05) is 10.6 Å². The SMILES string of the molecule is CC(C)NC(=O)Nc1ccc(NC(=O)Cc2cccs2)cc1. The molecule has 1 aromatic carbocycles. The first kappa shape index (κ1) is 16.0. The predicted molar refractivity (Wildman–Crippen MR) is 90.4 cm³/mol. The van der Waals surface area contributed by atoms with Crippen molar-refractivity contribution in [1.29, 1.82) is 0 Å². The van der Waals surface area contributed by atoms with Gasteiger partial charge in [0, 0.05) is 22.3 Å². The Morgan fingerprint density at radius 2 is 1.68 bits per heavy atom. The largest absolute Gasteiger partial charge is 0.336 e. The molecular formula is C16H19N3O2S. The molecule has 0 atom stereocenters. The van der Waals surface area contributed by atoms with Crippen molar-refractivity contribution in [3.05, 3.63) is 46.7 Å². The predicted octanol–water partition coefficient (Wildman–Crippen LogP) is 3.46. The first-order chi connectivity index (χ1) is 10.5. The highest BCUT2D eigenvalue weighted by Crippen LogP contribution is 2.15. The third-order valence-electron chi connectivity index (χ3n) is 2.76. The first-order valence-electron chi connectivity index (χ1n) is 7.03. The number of anilines is 2. The minimum atomic E-state index is -0.246. The van der Waals surface area contributed by atoms with Crippen LogP contribution in [0.5, 0.6) is 0 Å². The monoisotopic (exact) mass is 317 g/mol. The maximum atomic E-state index is 11.9.